The molecule has 2 aromatic rings. The van der Waals surface area contributed by atoms with Crippen LogP contribution in [-0.2, 0) is 16.2 Å². The molecule has 0 unspecified atom stereocenters. The number of ether oxygens (including phenoxy) is 1. The van der Waals surface area contributed by atoms with E-state index in [9.17, 15) is 9.59 Å². The van der Waals surface area contributed by atoms with Gasteiger partial charge < -0.3 is 4.74 Å². The summed E-state index contributed by atoms with van der Waals surface area (Å²) in [5, 5.41) is 6.47. The van der Waals surface area contributed by atoms with Crippen molar-refractivity contribution in [1.82, 2.24) is 5.01 Å². The molecule has 2 bridgehead atoms. The van der Waals surface area contributed by atoms with E-state index >= 15 is 0 Å². The van der Waals surface area contributed by atoms with Crippen LogP contribution in [0, 0.1) is 29.1 Å². The van der Waals surface area contributed by atoms with Crippen LogP contribution < -0.4 is 4.74 Å². The van der Waals surface area contributed by atoms with Crippen LogP contribution in [0.25, 0.3) is 0 Å². The number of rotatable bonds is 5. The van der Waals surface area contributed by atoms with Crippen molar-refractivity contribution in [2.45, 2.75) is 19.4 Å². The quantitative estimate of drug-likeness (QED) is 0.213. The summed E-state index contributed by atoms with van der Waals surface area (Å²) < 4.78 is 7.35. The Bertz CT molecular complexity index is 1250. The van der Waals surface area contributed by atoms with Crippen molar-refractivity contribution in [1.29, 1.82) is 0 Å². The van der Waals surface area contributed by atoms with Gasteiger partial charge in [-0.3, -0.25) is 9.59 Å². The molecule has 2 amide bonds. The lowest BCUT2D eigenvalue weighted by molar-refractivity contribution is -0.141. The van der Waals surface area contributed by atoms with E-state index < -0.39 is 0 Å². The molecule has 0 N–H and O–H groups in total. The van der Waals surface area contributed by atoms with E-state index in [1.165, 1.54) is 6.21 Å². The van der Waals surface area contributed by atoms with Crippen LogP contribution in [0.5, 0.6) is 5.75 Å². The van der Waals surface area contributed by atoms with Gasteiger partial charge in [0.25, 0.3) is 11.8 Å². The summed E-state index contributed by atoms with van der Waals surface area (Å²) in [6.45, 7) is 0.262. The van der Waals surface area contributed by atoms with Crippen molar-refractivity contribution in [2.75, 3.05) is 0 Å². The molecule has 4 aliphatic rings. The molecule has 3 fully saturated rings. The molecule has 5 nitrogen and oxygen atoms in total. The zero-order chi connectivity index (χ0) is 23.8. The van der Waals surface area contributed by atoms with E-state index in [-0.39, 0.29) is 47.5 Å². The van der Waals surface area contributed by atoms with E-state index in [1.54, 1.807) is 12.1 Å². The van der Waals surface area contributed by atoms with Crippen LogP contribution in [0.15, 0.2) is 56.5 Å². The Hall–Kier alpha value is -1.67. The third-order valence-corrected chi connectivity index (χ3v) is 9.32. The van der Waals surface area contributed by atoms with Crippen molar-refractivity contribution in [3.63, 3.8) is 0 Å². The molecule has 0 aromatic heterocycles. The fourth-order valence-corrected chi connectivity index (χ4v) is 7.80. The van der Waals surface area contributed by atoms with Crippen molar-refractivity contribution in [3.8, 4) is 5.75 Å². The highest BCUT2D eigenvalue weighted by Gasteiger charge is 2.73. The van der Waals surface area contributed by atoms with Gasteiger partial charge in [-0.05, 0) is 91.8 Å². The van der Waals surface area contributed by atoms with E-state index in [1.807, 2.05) is 18.2 Å². The summed E-state index contributed by atoms with van der Waals surface area (Å²) in [6.07, 6.45) is 8.08. The minimum Gasteiger partial charge on any atom is -0.486 e. The van der Waals surface area contributed by atoms with Crippen molar-refractivity contribution >= 4 is 73.1 Å². The number of nitrogens with zero attached hydrogens (tertiary/aromatic N) is 2. The number of carbonyl (C=O) groups excluding carboxylic acids is 2. The Morgan fingerprint density at radius 3 is 2.21 bits per heavy atom. The fourth-order valence-electron chi connectivity index (χ4n) is 5.88. The Morgan fingerprint density at radius 2 is 1.65 bits per heavy atom. The molecule has 2 aromatic carbocycles. The number of carbonyl (C=O) groups is 2. The Balaban J connectivity index is 1.18. The second kappa shape index (κ2) is 8.19. The molecule has 9 heteroatoms. The number of allylic oxidation sites excluding steroid dienone is 2. The van der Waals surface area contributed by atoms with Gasteiger partial charge in [0.15, 0.2) is 0 Å². The van der Waals surface area contributed by atoms with Gasteiger partial charge in [0.1, 0.15) is 12.4 Å². The molecule has 34 heavy (non-hydrogen) atoms. The largest absolute Gasteiger partial charge is 0.486 e. The number of amides is 2. The van der Waals surface area contributed by atoms with Gasteiger partial charge in [-0.2, -0.15) is 10.1 Å². The first-order valence-corrected chi connectivity index (χ1v) is 13.3. The number of hydrogen-bond acceptors (Lipinski definition) is 4. The minimum absolute atomic E-state index is 0.174. The molecule has 3 aliphatic carbocycles. The zero-order valence-corrected chi connectivity index (χ0v) is 22.4. The second-order valence-corrected chi connectivity index (χ2v) is 11.8. The number of halogens is 4. The van der Waals surface area contributed by atoms with Crippen molar-refractivity contribution < 1.29 is 14.3 Å². The molecule has 1 aliphatic heterocycles. The van der Waals surface area contributed by atoms with Gasteiger partial charge in [-0.15, -0.1) is 0 Å². The number of hydrazone groups is 1. The molecular formula is C25H18Br2Cl2N2O3. The summed E-state index contributed by atoms with van der Waals surface area (Å²) in [5.74, 6) is 0.122. The number of benzene rings is 2. The van der Waals surface area contributed by atoms with Gasteiger partial charge in [-0.25, -0.2) is 0 Å². The number of fused-ring (bicyclic) bond motifs is 3. The second-order valence-electron chi connectivity index (χ2n) is 9.29. The van der Waals surface area contributed by atoms with Gasteiger partial charge in [0.05, 0.1) is 27.0 Å². The molecular weight excluding hydrogens is 607 g/mol. The summed E-state index contributed by atoms with van der Waals surface area (Å²) >= 11 is 19.3. The molecule has 174 valence electrons. The monoisotopic (exact) mass is 622 g/mol. The summed E-state index contributed by atoms with van der Waals surface area (Å²) in [5.41, 5.74) is 1.70. The smallest absolute Gasteiger partial charge is 0.254 e. The molecule has 0 radical (unpaired) electrons. The lowest BCUT2D eigenvalue weighted by Crippen LogP contribution is -2.30. The van der Waals surface area contributed by atoms with Crippen LogP contribution in [0.3, 0.4) is 0 Å². The highest BCUT2D eigenvalue weighted by atomic mass is 79.9. The normalized spacial score (nSPS) is 27.9. The average Bonchev–Trinajstić information content (AvgIpc) is 3.39. The first-order valence-electron chi connectivity index (χ1n) is 11.0. The van der Waals surface area contributed by atoms with Crippen LogP contribution in [0.2, 0.25) is 10.0 Å². The van der Waals surface area contributed by atoms with E-state index in [0.717, 1.165) is 23.4 Å². The Labute approximate surface area is 223 Å². The van der Waals surface area contributed by atoms with Gasteiger partial charge >= 0.3 is 0 Å². The van der Waals surface area contributed by atoms with Crippen LogP contribution >= 0.6 is 55.1 Å². The molecule has 6 rings (SSSR count). The lowest BCUT2D eigenvalue weighted by Gasteiger charge is -2.18. The van der Waals surface area contributed by atoms with E-state index in [4.69, 9.17) is 27.9 Å². The van der Waals surface area contributed by atoms with Crippen LogP contribution in [0.4, 0.5) is 0 Å². The lowest BCUT2D eigenvalue weighted by atomic mass is 9.85. The maximum Gasteiger partial charge on any atom is 0.254 e. The Kier molecular flexibility index (Phi) is 5.48. The fraction of sp³-hybridized carbons (Fsp3) is 0.320. The highest BCUT2D eigenvalue weighted by Crippen LogP contribution is 2.73. The molecule has 1 spiro atoms. The first-order chi connectivity index (χ1) is 16.3. The number of hydrogen-bond donors (Lipinski definition) is 0. The third-order valence-electron chi connectivity index (χ3n) is 7.56. The van der Waals surface area contributed by atoms with Gasteiger partial charge in [-0.1, -0.05) is 41.4 Å². The van der Waals surface area contributed by atoms with E-state index in [0.29, 0.717) is 30.3 Å². The topological polar surface area (TPSA) is 59.0 Å². The van der Waals surface area contributed by atoms with Crippen molar-refractivity contribution in [2.24, 2.45) is 34.2 Å². The van der Waals surface area contributed by atoms with E-state index in [2.05, 4.69) is 49.1 Å². The molecule has 2 saturated carbocycles. The van der Waals surface area contributed by atoms with Crippen molar-refractivity contribution in [3.05, 3.63) is 72.6 Å². The third kappa shape index (κ3) is 3.42. The molecule has 1 saturated heterocycles. The van der Waals surface area contributed by atoms with Gasteiger partial charge in [0, 0.05) is 15.6 Å². The maximum absolute atomic E-state index is 13.1. The zero-order valence-electron chi connectivity index (χ0n) is 17.7. The maximum atomic E-state index is 13.1. The molecule has 4 atom stereocenters. The SMILES string of the molecule is O=C1[C@@H]2[C@@H](C(=O)N1/N=C\c1cc(Br)c(OCc3ccc(Cl)cc3Cl)c(Br)c1)[C@H]1C=C[C@H]2C12CC2. The molecule has 1 heterocycles. The first kappa shape index (κ1) is 22.8. The average molecular weight is 625 g/mol. The van der Waals surface area contributed by atoms with Crippen LogP contribution in [0.1, 0.15) is 24.0 Å². The predicted octanol–water partition coefficient (Wildman–Crippen LogP) is 6.63. The summed E-state index contributed by atoms with van der Waals surface area (Å²) in [4.78, 5) is 26.2. The summed E-state index contributed by atoms with van der Waals surface area (Å²) in [6, 6.07) is 8.90. The Morgan fingerprint density at radius 1 is 1.03 bits per heavy atom. The standard InChI is InChI=1S/C25H18Br2Cl2N2O3/c26-17-7-12(8-18(27)22(17)34-11-13-1-2-14(28)9-19(13)29)10-30-31-23(32)20-15-3-4-16(21(20)24(31)33)25(15)5-6-25/h1-4,7-10,15-16,20-21H,5-6,11H2/b30-10-/t15-,16-,20+,21+/m1/s1. The number of imide groups is 1. The minimum atomic E-state index is -0.254. The highest BCUT2D eigenvalue weighted by molar-refractivity contribution is 9.11. The van der Waals surface area contributed by atoms with Gasteiger partial charge in [0.2, 0.25) is 0 Å². The summed E-state index contributed by atoms with van der Waals surface area (Å²) in [7, 11) is 0. The van der Waals surface area contributed by atoms with Crippen LogP contribution in [-0.4, -0.2) is 23.0 Å². The predicted molar refractivity (Wildman–Crippen MR) is 137 cm³/mol.